The number of fused-ring (bicyclic) bond motifs is 2. The number of likely N-dealkylation sites (tertiary alicyclic amines) is 1. The Morgan fingerprint density at radius 1 is 1.24 bits per heavy atom. The lowest BCUT2D eigenvalue weighted by molar-refractivity contribution is -0.135. The van der Waals surface area contributed by atoms with Crippen LogP contribution in [0.5, 0.6) is 5.75 Å². The van der Waals surface area contributed by atoms with Crippen LogP contribution in [0.3, 0.4) is 0 Å². The van der Waals surface area contributed by atoms with E-state index in [0.717, 1.165) is 43.9 Å². The average molecular weight is 595 g/mol. The van der Waals surface area contributed by atoms with Gasteiger partial charge in [-0.15, -0.1) is 11.8 Å². The lowest BCUT2D eigenvalue weighted by Crippen LogP contribution is -2.73. The molecule has 4 fully saturated rings. The minimum absolute atomic E-state index is 0.0845. The van der Waals surface area contributed by atoms with Gasteiger partial charge < -0.3 is 19.3 Å². The number of hydrogen-bond acceptors (Lipinski definition) is 9. The van der Waals surface area contributed by atoms with Gasteiger partial charge in [0.2, 0.25) is 5.91 Å². The van der Waals surface area contributed by atoms with E-state index in [1.54, 1.807) is 7.11 Å². The Balaban J connectivity index is 1.21. The molecule has 0 bridgehead atoms. The number of nitrogens with one attached hydrogen (secondary N) is 2. The maximum atomic E-state index is 12.6. The van der Waals surface area contributed by atoms with Gasteiger partial charge in [0, 0.05) is 48.1 Å². The summed E-state index contributed by atoms with van der Waals surface area (Å²) >= 11 is 2.13. The number of thioether (sulfide) groups is 1. The zero-order chi connectivity index (χ0) is 29.3. The summed E-state index contributed by atoms with van der Waals surface area (Å²) in [6, 6.07) is 9.51. The van der Waals surface area contributed by atoms with Crippen LogP contribution < -0.4 is 15.4 Å². The number of carbonyl (C=O) groups is 1. The summed E-state index contributed by atoms with van der Waals surface area (Å²) in [5, 5.41) is 17.3. The van der Waals surface area contributed by atoms with Gasteiger partial charge in [-0.2, -0.15) is 5.26 Å². The Morgan fingerprint density at radius 2 is 2.12 bits per heavy atom. The van der Waals surface area contributed by atoms with Crippen molar-refractivity contribution in [2.75, 3.05) is 46.9 Å². The molecule has 42 heavy (non-hydrogen) atoms. The molecule has 4 heterocycles. The van der Waals surface area contributed by atoms with Crippen LogP contribution in [0.15, 0.2) is 30.9 Å². The number of piperazine rings is 1. The van der Waals surface area contributed by atoms with Crippen LogP contribution in [0.1, 0.15) is 49.7 Å². The maximum absolute atomic E-state index is 12.6. The Labute approximate surface area is 254 Å². The molecule has 4 aliphatic heterocycles. The fraction of sp³-hybridized carbons (Fsp3) is 0.688. The summed E-state index contributed by atoms with van der Waals surface area (Å²) in [5.74, 6) is 2.32. The van der Waals surface area contributed by atoms with Gasteiger partial charge >= 0.3 is 0 Å². The second-order valence-corrected chi connectivity index (χ2v) is 14.3. The number of amides is 1. The second-order valence-electron chi connectivity index (χ2n) is 12.8. The monoisotopic (exact) mass is 594 g/mol. The quantitative estimate of drug-likeness (QED) is 0.463. The Hall–Kier alpha value is -2.13. The van der Waals surface area contributed by atoms with Gasteiger partial charge in [-0.1, -0.05) is 12.6 Å². The molecular formula is C32H46N6O3S. The topological polar surface area (TPSA) is 93.1 Å². The van der Waals surface area contributed by atoms with Crippen molar-refractivity contribution >= 4 is 17.7 Å². The van der Waals surface area contributed by atoms with Crippen molar-refractivity contribution in [1.29, 1.82) is 5.26 Å². The summed E-state index contributed by atoms with van der Waals surface area (Å²) in [5.41, 5.74) is 2.86. The van der Waals surface area contributed by atoms with E-state index in [-0.39, 0.29) is 29.2 Å². The van der Waals surface area contributed by atoms with Gasteiger partial charge in [-0.25, -0.2) is 0 Å². The molecule has 7 atom stereocenters. The Kier molecular flexibility index (Phi) is 9.15. The zero-order valence-corrected chi connectivity index (χ0v) is 25.9. The largest absolute Gasteiger partial charge is 0.497 e. The van der Waals surface area contributed by atoms with Crippen molar-refractivity contribution in [2.45, 2.75) is 86.1 Å². The van der Waals surface area contributed by atoms with Crippen LogP contribution >= 0.6 is 11.8 Å². The predicted molar refractivity (Wildman–Crippen MR) is 165 cm³/mol. The van der Waals surface area contributed by atoms with E-state index in [1.165, 1.54) is 36.5 Å². The van der Waals surface area contributed by atoms with Crippen molar-refractivity contribution in [3.8, 4) is 11.8 Å². The van der Waals surface area contributed by atoms with Gasteiger partial charge in [0.15, 0.2) is 6.35 Å². The molecule has 6 rings (SSSR count). The number of likely N-dealkylation sites (N-methyl/N-ethyl adjacent to an activating group) is 1. The fourth-order valence-electron chi connectivity index (χ4n) is 8.01. The number of hydrogen-bond donors (Lipinski definition) is 2. The number of carbonyl (C=O) groups excluding carboxylic acids is 1. The van der Waals surface area contributed by atoms with Gasteiger partial charge in [0.05, 0.1) is 38.4 Å². The standard InChI is InChI=1S/C32H46N6O3S/c1-4-29(39)38-15-14-37(19-24(38)10-12-33)30-27-9-11-32(17-23-16-26(40-3)8-7-22(23)21-42-32)18-28(27)34-31(35-30)41-20-25-6-5-13-36(25)2/h4,7-8,16,24-25,27-28,30-31,34-35H,1,5-6,9-11,13-15,17-21H2,2-3H3/t24?,25?,27?,28?,30?,31?,32-/m1/s1. The molecule has 228 valence electrons. The summed E-state index contributed by atoms with van der Waals surface area (Å²) < 4.78 is 12.3. The van der Waals surface area contributed by atoms with E-state index in [4.69, 9.17) is 9.47 Å². The molecule has 3 saturated heterocycles. The molecule has 1 spiro atoms. The van der Waals surface area contributed by atoms with Crippen LogP contribution in [0.2, 0.25) is 0 Å². The highest BCUT2D eigenvalue weighted by Gasteiger charge is 2.50. The third-order valence-electron chi connectivity index (χ3n) is 10.4. The highest BCUT2D eigenvalue weighted by Crippen LogP contribution is 2.50. The molecule has 2 N–H and O–H groups in total. The fourth-order valence-corrected chi connectivity index (χ4v) is 9.57. The van der Waals surface area contributed by atoms with Crippen LogP contribution in [0, 0.1) is 17.2 Å². The number of benzene rings is 1. The van der Waals surface area contributed by atoms with Gasteiger partial charge in [0.25, 0.3) is 0 Å². The highest BCUT2D eigenvalue weighted by molar-refractivity contribution is 8.00. The predicted octanol–water partition coefficient (Wildman–Crippen LogP) is 2.92. The molecule has 0 aromatic heterocycles. The molecule has 1 saturated carbocycles. The average Bonchev–Trinajstić information content (AvgIpc) is 3.43. The molecule has 10 heteroatoms. The number of nitriles is 1. The molecule has 6 unspecified atom stereocenters. The first-order chi connectivity index (χ1) is 20.4. The summed E-state index contributed by atoms with van der Waals surface area (Å²) in [4.78, 5) is 19.3. The summed E-state index contributed by atoms with van der Waals surface area (Å²) in [7, 11) is 3.94. The molecule has 1 aromatic rings. The SMILES string of the molecule is C=CC(=O)N1CCN(C2NC(OCC3CCCN3C)NC3C[C@@]4(CCC32)Cc2cc(OC)ccc2CS4)CC1CC#N. The first-order valence-electron chi connectivity index (χ1n) is 15.6. The lowest BCUT2D eigenvalue weighted by Gasteiger charge is -2.56. The van der Waals surface area contributed by atoms with Gasteiger partial charge in [-0.05, 0) is 81.5 Å². The summed E-state index contributed by atoms with van der Waals surface area (Å²) in [6.45, 7) is 7.59. The van der Waals surface area contributed by atoms with Crippen LogP contribution in [0.25, 0.3) is 0 Å². The summed E-state index contributed by atoms with van der Waals surface area (Å²) in [6.07, 6.45) is 8.45. The minimum atomic E-state index is -0.233. The zero-order valence-electron chi connectivity index (χ0n) is 25.1. The van der Waals surface area contributed by atoms with Crippen molar-refractivity contribution in [3.05, 3.63) is 42.0 Å². The third-order valence-corrected chi connectivity index (χ3v) is 12.0. The van der Waals surface area contributed by atoms with Crippen molar-refractivity contribution < 1.29 is 14.3 Å². The minimum Gasteiger partial charge on any atom is -0.497 e. The van der Waals surface area contributed by atoms with Crippen molar-refractivity contribution in [2.24, 2.45) is 5.92 Å². The Bertz CT molecular complexity index is 1190. The molecule has 0 radical (unpaired) electrons. The normalized spacial score (nSPS) is 35.3. The van der Waals surface area contributed by atoms with Crippen molar-refractivity contribution in [1.82, 2.24) is 25.3 Å². The van der Waals surface area contributed by atoms with E-state index in [9.17, 15) is 10.1 Å². The Morgan fingerprint density at radius 3 is 2.88 bits per heavy atom. The molecular weight excluding hydrogens is 548 g/mol. The van der Waals surface area contributed by atoms with E-state index >= 15 is 0 Å². The first-order valence-corrected chi connectivity index (χ1v) is 16.6. The van der Waals surface area contributed by atoms with E-state index < -0.39 is 0 Å². The van der Waals surface area contributed by atoms with Crippen LogP contribution in [-0.2, 0) is 21.7 Å². The number of methoxy groups -OCH3 is 1. The van der Waals surface area contributed by atoms with Gasteiger partial charge in [-0.3, -0.25) is 20.3 Å². The van der Waals surface area contributed by atoms with Gasteiger partial charge in [0.1, 0.15) is 5.75 Å². The second kappa shape index (κ2) is 12.8. The molecule has 1 aliphatic carbocycles. The van der Waals surface area contributed by atoms with E-state index in [2.05, 4.69) is 70.1 Å². The third kappa shape index (κ3) is 6.10. The van der Waals surface area contributed by atoms with E-state index in [0.29, 0.717) is 44.1 Å². The lowest BCUT2D eigenvalue weighted by atomic mass is 9.72. The first kappa shape index (κ1) is 29.9. The van der Waals surface area contributed by atoms with E-state index in [1.807, 2.05) is 4.90 Å². The smallest absolute Gasteiger partial charge is 0.246 e. The van der Waals surface area contributed by atoms with Crippen molar-refractivity contribution in [3.63, 3.8) is 0 Å². The molecule has 1 amide bonds. The highest BCUT2D eigenvalue weighted by atomic mass is 32.2. The van der Waals surface area contributed by atoms with Crippen LogP contribution in [0.4, 0.5) is 0 Å². The molecule has 9 nitrogen and oxygen atoms in total. The number of ether oxygens (including phenoxy) is 2. The van der Waals surface area contributed by atoms with Crippen LogP contribution in [-0.4, -0.2) is 103 Å². The maximum Gasteiger partial charge on any atom is 0.246 e. The number of rotatable bonds is 7. The molecule has 1 aromatic carbocycles. The number of nitrogens with zero attached hydrogens (tertiary/aromatic N) is 4. The molecule has 5 aliphatic rings.